The molecule has 1 heterocycles. The van der Waals surface area contributed by atoms with Crippen LogP contribution >= 0.6 is 11.6 Å². The zero-order valence-corrected chi connectivity index (χ0v) is 18.0. The number of carboxylic acid groups (broad SMARTS) is 1. The average Bonchev–Trinajstić information content (AvgIpc) is 2.89. The summed E-state index contributed by atoms with van der Waals surface area (Å²) in [6.45, 7) is 9.80. The van der Waals surface area contributed by atoms with E-state index in [1.54, 1.807) is 0 Å². The van der Waals surface area contributed by atoms with Crippen molar-refractivity contribution in [2.45, 2.75) is 66.1 Å². The minimum Gasteiger partial charge on any atom is -0.478 e. The van der Waals surface area contributed by atoms with Gasteiger partial charge < -0.3 is 15.0 Å². The molecule has 28 heavy (non-hydrogen) atoms. The van der Waals surface area contributed by atoms with Crippen LogP contribution in [0.5, 0.6) is 0 Å². The van der Waals surface area contributed by atoms with Gasteiger partial charge in [-0.15, -0.1) is 0 Å². The van der Waals surface area contributed by atoms with E-state index in [0.29, 0.717) is 41.6 Å². The number of aromatic carboxylic acids is 1. The maximum atomic E-state index is 12.0. The van der Waals surface area contributed by atoms with Crippen molar-refractivity contribution in [2.24, 2.45) is 11.8 Å². The molecule has 0 amide bonds. The van der Waals surface area contributed by atoms with Crippen LogP contribution in [0.2, 0.25) is 5.02 Å². The van der Waals surface area contributed by atoms with Crippen molar-refractivity contribution in [2.75, 3.05) is 0 Å². The van der Waals surface area contributed by atoms with Crippen LogP contribution in [-0.4, -0.2) is 21.7 Å². The number of carboxylic acids is 1. The Morgan fingerprint density at radius 1 is 1.18 bits per heavy atom. The zero-order chi connectivity index (χ0) is 20.4. The van der Waals surface area contributed by atoms with E-state index in [-0.39, 0.29) is 0 Å². The molecule has 4 nitrogen and oxygen atoms in total. The molecule has 0 unspecified atom stereocenters. The smallest absolute Gasteiger partial charge is 0.337 e. The second-order valence-electron chi connectivity index (χ2n) is 8.30. The third kappa shape index (κ3) is 4.28. The number of carbonyl (C=O) groups is 1. The standard InChI is InChI=1S/C23H31ClN2O2/c1-14-6-5-7-21(15(14)2)25-12-20-16(3)26(17(4)22(20)23(27)28)13-18-8-10-19(24)11-9-18/h8-11,14-15,21,25H,5-7,12-13H2,1-4H3,(H,27,28)/t14-,15-,21-/m1/s1. The number of halogens is 1. The van der Waals surface area contributed by atoms with E-state index >= 15 is 0 Å². The van der Waals surface area contributed by atoms with Crippen molar-refractivity contribution in [3.8, 4) is 0 Å². The van der Waals surface area contributed by atoms with Gasteiger partial charge in [0.2, 0.25) is 0 Å². The Bertz CT molecular complexity index is 841. The molecule has 0 aliphatic heterocycles. The first-order valence-corrected chi connectivity index (χ1v) is 10.6. The Morgan fingerprint density at radius 2 is 1.86 bits per heavy atom. The van der Waals surface area contributed by atoms with E-state index < -0.39 is 5.97 Å². The van der Waals surface area contributed by atoms with Crippen LogP contribution in [0.1, 0.15) is 66.0 Å². The summed E-state index contributed by atoms with van der Waals surface area (Å²) in [4.78, 5) is 12.0. The molecule has 3 rings (SSSR count). The monoisotopic (exact) mass is 402 g/mol. The van der Waals surface area contributed by atoms with Crippen LogP contribution in [0.4, 0.5) is 0 Å². The fraction of sp³-hybridized carbons (Fsp3) is 0.522. The Balaban J connectivity index is 1.85. The van der Waals surface area contributed by atoms with E-state index in [1.165, 1.54) is 12.8 Å². The lowest BCUT2D eigenvalue weighted by Gasteiger charge is -2.34. The van der Waals surface area contributed by atoms with Crippen molar-refractivity contribution in [1.82, 2.24) is 9.88 Å². The summed E-state index contributed by atoms with van der Waals surface area (Å²) in [5.74, 6) is 0.472. The zero-order valence-electron chi connectivity index (χ0n) is 17.3. The predicted molar refractivity (Wildman–Crippen MR) is 114 cm³/mol. The van der Waals surface area contributed by atoms with Crippen molar-refractivity contribution in [3.63, 3.8) is 0 Å². The maximum absolute atomic E-state index is 12.0. The highest BCUT2D eigenvalue weighted by Crippen LogP contribution is 2.30. The van der Waals surface area contributed by atoms with Gasteiger partial charge in [-0.2, -0.15) is 0 Å². The third-order valence-electron chi connectivity index (χ3n) is 6.63. The van der Waals surface area contributed by atoms with E-state index in [2.05, 4.69) is 23.7 Å². The summed E-state index contributed by atoms with van der Waals surface area (Å²) in [6.07, 6.45) is 3.69. The fourth-order valence-electron chi connectivity index (χ4n) is 4.56. The van der Waals surface area contributed by atoms with E-state index in [9.17, 15) is 9.90 Å². The van der Waals surface area contributed by atoms with E-state index in [0.717, 1.165) is 28.9 Å². The van der Waals surface area contributed by atoms with Gasteiger partial charge in [0.25, 0.3) is 0 Å². The van der Waals surface area contributed by atoms with Gasteiger partial charge in [-0.05, 0) is 49.8 Å². The minimum absolute atomic E-state index is 0.440. The molecule has 2 N–H and O–H groups in total. The summed E-state index contributed by atoms with van der Waals surface area (Å²) < 4.78 is 2.11. The molecule has 1 aromatic heterocycles. The second-order valence-corrected chi connectivity index (χ2v) is 8.73. The van der Waals surface area contributed by atoms with Gasteiger partial charge in [0.15, 0.2) is 0 Å². The Hall–Kier alpha value is -1.78. The van der Waals surface area contributed by atoms with Crippen molar-refractivity contribution in [1.29, 1.82) is 0 Å². The summed E-state index contributed by atoms with van der Waals surface area (Å²) in [5.41, 5.74) is 4.28. The number of hydrogen-bond donors (Lipinski definition) is 2. The number of nitrogens with one attached hydrogen (secondary N) is 1. The van der Waals surface area contributed by atoms with Crippen LogP contribution < -0.4 is 5.32 Å². The van der Waals surface area contributed by atoms with Gasteiger partial charge in [-0.25, -0.2) is 4.79 Å². The molecule has 0 radical (unpaired) electrons. The summed E-state index contributed by atoms with van der Waals surface area (Å²) in [6, 6.07) is 8.17. The number of rotatable bonds is 6. The number of benzene rings is 1. The predicted octanol–water partition coefficient (Wildman–Crippen LogP) is 5.42. The third-order valence-corrected chi connectivity index (χ3v) is 6.88. The lowest BCUT2D eigenvalue weighted by atomic mass is 9.78. The van der Waals surface area contributed by atoms with Crippen LogP contribution in [-0.2, 0) is 13.1 Å². The van der Waals surface area contributed by atoms with Crippen LogP contribution in [0.3, 0.4) is 0 Å². The average molecular weight is 403 g/mol. The molecule has 2 aromatic rings. The SMILES string of the molecule is Cc1c(CN[C@@H]2CCC[C@@H](C)[C@H]2C)c(C(=O)O)c(C)n1Cc1ccc(Cl)cc1. The molecule has 1 saturated carbocycles. The first-order chi connectivity index (χ1) is 13.3. The largest absolute Gasteiger partial charge is 0.478 e. The molecule has 0 bridgehead atoms. The number of hydrogen-bond acceptors (Lipinski definition) is 2. The molecule has 0 spiro atoms. The topological polar surface area (TPSA) is 54.3 Å². The Kier molecular flexibility index (Phi) is 6.51. The lowest BCUT2D eigenvalue weighted by molar-refractivity contribution is 0.0694. The fourth-order valence-corrected chi connectivity index (χ4v) is 4.69. The lowest BCUT2D eigenvalue weighted by Crippen LogP contribution is -2.40. The van der Waals surface area contributed by atoms with Crippen molar-refractivity contribution < 1.29 is 9.90 Å². The first kappa shape index (κ1) is 20.9. The number of aromatic nitrogens is 1. The minimum atomic E-state index is -0.850. The summed E-state index contributed by atoms with van der Waals surface area (Å²) in [7, 11) is 0. The Morgan fingerprint density at radius 3 is 2.50 bits per heavy atom. The highest BCUT2D eigenvalue weighted by molar-refractivity contribution is 6.30. The van der Waals surface area contributed by atoms with Crippen LogP contribution in [0.25, 0.3) is 0 Å². The maximum Gasteiger partial charge on any atom is 0.337 e. The molecule has 1 aromatic carbocycles. The van der Waals surface area contributed by atoms with E-state index in [4.69, 9.17) is 11.6 Å². The molecule has 0 saturated heterocycles. The van der Waals surface area contributed by atoms with Crippen molar-refractivity contribution in [3.05, 3.63) is 57.4 Å². The highest BCUT2D eigenvalue weighted by atomic mass is 35.5. The Labute approximate surface area is 172 Å². The molecule has 1 aliphatic rings. The normalized spacial score (nSPS) is 22.4. The first-order valence-electron chi connectivity index (χ1n) is 10.2. The number of nitrogens with zero attached hydrogens (tertiary/aromatic N) is 1. The quantitative estimate of drug-likeness (QED) is 0.678. The molecular formula is C23H31ClN2O2. The molecule has 3 atom stereocenters. The van der Waals surface area contributed by atoms with Gasteiger partial charge in [-0.1, -0.05) is 50.4 Å². The highest BCUT2D eigenvalue weighted by Gasteiger charge is 2.28. The van der Waals surface area contributed by atoms with Crippen LogP contribution in [0.15, 0.2) is 24.3 Å². The summed E-state index contributed by atoms with van der Waals surface area (Å²) >= 11 is 5.99. The van der Waals surface area contributed by atoms with E-state index in [1.807, 2.05) is 38.1 Å². The van der Waals surface area contributed by atoms with Crippen molar-refractivity contribution >= 4 is 17.6 Å². The van der Waals surface area contributed by atoms with Gasteiger partial charge in [0.1, 0.15) is 0 Å². The molecule has 152 valence electrons. The molecule has 1 aliphatic carbocycles. The van der Waals surface area contributed by atoms with Gasteiger partial charge in [0.05, 0.1) is 5.56 Å². The molecule has 1 fully saturated rings. The van der Waals surface area contributed by atoms with Gasteiger partial charge in [0, 0.05) is 41.1 Å². The van der Waals surface area contributed by atoms with Crippen LogP contribution in [0, 0.1) is 25.7 Å². The van der Waals surface area contributed by atoms with Gasteiger partial charge in [-0.3, -0.25) is 0 Å². The molecule has 5 heteroatoms. The summed E-state index contributed by atoms with van der Waals surface area (Å²) in [5, 5.41) is 14.2. The second kappa shape index (κ2) is 8.71. The van der Waals surface area contributed by atoms with Gasteiger partial charge >= 0.3 is 5.97 Å². The molecular weight excluding hydrogens is 372 g/mol.